The predicted octanol–water partition coefficient (Wildman–Crippen LogP) is 4.48. The van der Waals surface area contributed by atoms with Crippen LogP contribution >= 0.6 is 0 Å². The summed E-state index contributed by atoms with van der Waals surface area (Å²) in [4.78, 5) is 11.6. The number of esters is 1. The molecule has 0 unspecified atom stereocenters. The highest BCUT2D eigenvalue weighted by molar-refractivity contribution is 5.66. The molecule has 3 aliphatic carbocycles. The first-order valence-corrected chi connectivity index (χ1v) is 9.43. The molecular formula is C21H28O3. The van der Waals surface area contributed by atoms with Crippen LogP contribution in [0.1, 0.15) is 63.0 Å². The zero-order valence-corrected chi connectivity index (χ0v) is 15.0. The lowest BCUT2D eigenvalue weighted by molar-refractivity contribution is -0.156. The maximum atomic E-state index is 11.6. The Morgan fingerprint density at radius 3 is 2.83 bits per heavy atom. The molecule has 3 nitrogen and oxygen atoms in total. The smallest absolute Gasteiger partial charge is 0.302 e. The Labute approximate surface area is 144 Å². The Kier molecular flexibility index (Phi) is 3.85. The van der Waals surface area contributed by atoms with Gasteiger partial charge in [-0.15, -0.1) is 0 Å². The van der Waals surface area contributed by atoms with Crippen LogP contribution in [0.15, 0.2) is 18.2 Å². The Balaban J connectivity index is 1.65. The summed E-state index contributed by atoms with van der Waals surface area (Å²) in [5.74, 6) is 2.94. The van der Waals surface area contributed by atoms with Crippen molar-refractivity contribution in [3.05, 3.63) is 29.3 Å². The predicted molar refractivity (Wildman–Crippen MR) is 93.2 cm³/mol. The third-order valence-corrected chi connectivity index (χ3v) is 7.25. The van der Waals surface area contributed by atoms with E-state index in [1.807, 2.05) is 0 Å². The molecule has 0 saturated heterocycles. The third kappa shape index (κ3) is 2.20. The van der Waals surface area contributed by atoms with Crippen molar-refractivity contribution in [2.24, 2.45) is 17.3 Å². The van der Waals surface area contributed by atoms with Crippen LogP contribution < -0.4 is 4.74 Å². The van der Waals surface area contributed by atoms with Crippen LogP contribution in [0.4, 0.5) is 0 Å². The number of ether oxygens (including phenoxy) is 2. The molecule has 2 fully saturated rings. The van der Waals surface area contributed by atoms with E-state index in [1.165, 1.54) is 24.8 Å². The normalized spacial score (nSPS) is 36.6. The second-order valence-electron chi connectivity index (χ2n) is 7.95. The largest absolute Gasteiger partial charge is 0.497 e. The maximum Gasteiger partial charge on any atom is 0.302 e. The van der Waals surface area contributed by atoms with Crippen LogP contribution in [-0.2, 0) is 16.0 Å². The third-order valence-electron chi connectivity index (χ3n) is 7.25. The van der Waals surface area contributed by atoms with E-state index in [9.17, 15) is 4.79 Å². The highest BCUT2D eigenvalue weighted by atomic mass is 16.5. The van der Waals surface area contributed by atoms with E-state index in [0.717, 1.165) is 25.0 Å². The van der Waals surface area contributed by atoms with E-state index >= 15 is 0 Å². The second kappa shape index (κ2) is 5.79. The van der Waals surface area contributed by atoms with Crippen LogP contribution in [0.3, 0.4) is 0 Å². The number of benzene rings is 1. The molecule has 0 aromatic heterocycles. The molecule has 0 amide bonds. The van der Waals surface area contributed by atoms with Crippen molar-refractivity contribution in [1.29, 1.82) is 0 Å². The summed E-state index contributed by atoms with van der Waals surface area (Å²) >= 11 is 0. The maximum absolute atomic E-state index is 11.6. The van der Waals surface area contributed by atoms with Crippen molar-refractivity contribution in [2.75, 3.05) is 7.11 Å². The topological polar surface area (TPSA) is 35.5 Å². The molecule has 1 aromatic carbocycles. The molecule has 0 N–H and O–H groups in total. The molecule has 5 atom stereocenters. The standard InChI is InChI=1S/C21H28O3/c1-4-21-10-9-17-16-6-5-15(23-3)11-14(16)12-18(17)19(21)7-8-20(21)24-13(2)22/h5-6,11,17-20H,4,7-10,12H2,1-3H3/t17-,18+,19-,20-,21-/m0/s1. The van der Waals surface area contributed by atoms with E-state index in [1.54, 1.807) is 19.6 Å². The molecule has 0 spiro atoms. The Hall–Kier alpha value is -1.51. The van der Waals surface area contributed by atoms with Crippen molar-refractivity contribution >= 4 is 5.97 Å². The summed E-state index contributed by atoms with van der Waals surface area (Å²) < 4.78 is 11.2. The van der Waals surface area contributed by atoms with E-state index in [2.05, 4.69) is 25.1 Å². The van der Waals surface area contributed by atoms with Gasteiger partial charge in [0, 0.05) is 12.3 Å². The van der Waals surface area contributed by atoms with Crippen LogP contribution in [0.2, 0.25) is 0 Å². The van der Waals surface area contributed by atoms with Gasteiger partial charge in [0.1, 0.15) is 11.9 Å². The summed E-state index contributed by atoms with van der Waals surface area (Å²) in [5, 5.41) is 0. The molecule has 1 aromatic rings. The first-order chi connectivity index (χ1) is 11.6. The molecule has 3 aliphatic rings. The first kappa shape index (κ1) is 16.0. The number of rotatable bonds is 3. The minimum Gasteiger partial charge on any atom is -0.497 e. The number of carbonyl (C=O) groups is 1. The molecule has 4 rings (SSSR count). The second-order valence-corrected chi connectivity index (χ2v) is 7.95. The van der Waals surface area contributed by atoms with E-state index in [-0.39, 0.29) is 17.5 Å². The fraction of sp³-hybridized carbons (Fsp3) is 0.667. The van der Waals surface area contributed by atoms with E-state index in [4.69, 9.17) is 9.47 Å². The Morgan fingerprint density at radius 1 is 1.29 bits per heavy atom. The molecule has 130 valence electrons. The van der Waals surface area contributed by atoms with Gasteiger partial charge < -0.3 is 9.47 Å². The molecule has 0 radical (unpaired) electrons. The van der Waals surface area contributed by atoms with Gasteiger partial charge in [0.15, 0.2) is 0 Å². The summed E-state index contributed by atoms with van der Waals surface area (Å²) in [5.41, 5.74) is 3.23. The Bertz CT molecular complexity index is 652. The summed E-state index contributed by atoms with van der Waals surface area (Å²) in [6.45, 7) is 3.85. The quantitative estimate of drug-likeness (QED) is 0.767. The summed E-state index contributed by atoms with van der Waals surface area (Å²) in [6, 6.07) is 6.63. The summed E-state index contributed by atoms with van der Waals surface area (Å²) in [6.07, 6.45) is 7.09. The van der Waals surface area contributed by atoms with Gasteiger partial charge in [-0.25, -0.2) is 0 Å². The lowest BCUT2D eigenvalue weighted by atomic mass is 9.58. The fourth-order valence-corrected chi connectivity index (χ4v) is 6.27. The van der Waals surface area contributed by atoms with Gasteiger partial charge in [0.05, 0.1) is 7.11 Å². The zero-order valence-electron chi connectivity index (χ0n) is 15.0. The van der Waals surface area contributed by atoms with Gasteiger partial charge in [0.25, 0.3) is 0 Å². The minimum absolute atomic E-state index is 0.116. The van der Waals surface area contributed by atoms with E-state index < -0.39 is 0 Å². The van der Waals surface area contributed by atoms with Gasteiger partial charge in [-0.3, -0.25) is 4.79 Å². The van der Waals surface area contributed by atoms with Gasteiger partial charge in [-0.05, 0) is 79.5 Å². The monoisotopic (exact) mass is 328 g/mol. The molecule has 0 heterocycles. The lowest BCUT2D eigenvalue weighted by Crippen LogP contribution is -2.44. The summed E-state index contributed by atoms with van der Waals surface area (Å²) in [7, 11) is 1.74. The van der Waals surface area contributed by atoms with Crippen molar-refractivity contribution in [3.63, 3.8) is 0 Å². The van der Waals surface area contributed by atoms with Crippen molar-refractivity contribution in [2.45, 2.75) is 64.4 Å². The molecule has 0 bridgehead atoms. The number of hydrogen-bond donors (Lipinski definition) is 0. The SMILES string of the molecule is CC[C@]12CC[C@H]3c4ccc(OC)cc4C[C@H]3[C@@H]1CC[C@@H]2OC(C)=O. The first-order valence-electron chi connectivity index (χ1n) is 9.43. The van der Waals surface area contributed by atoms with Crippen LogP contribution in [-0.4, -0.2) is 19.2 Å². The van der Waals surface area contributed by atoms with Crippen LogP contribution in [0.25, 0.3) is 0 Å². The molecular weight excluding hydrogens is 300 g/mol. The highest BCUT2D eigenvalue weighted by Gasteiger charge is 2.58. The zero-order chi connectivity index (χ0) is 16.9. The van der Waals surface area contributed by atoms with Crippen molar-refractivity contribution in [3.8, 4) is 5.75 Å². The lowest BCUT2D eigenvalue weighted by Gasteiger charge is -2.48. The molecule has 3 heteroatoms. The average Bonchev–Trinajstić information content (AvgIpc) is 3.12. The highest BCUT2D eigenvalue weighted by Crippen LogP contribution is 2.63. The van der Waals surface area contributed by atoms with Crippen LogP contribution in [0.5, 0.6) is 5.75 Å². The van der Waals surface area contributed by atoms with Gasteiger partial charge >= 0.3 is 5.97 Å². The number of hydrogen-bond acceptors (Lipinski definition) is 3. The van der Waals surface area contributed by atoms with Gasteiger partial charge in [-0.2, -0.15) is 0 Å². The van der Waals surface area contributed by atoms with Gasteiger partial charge in [0.2, 0.25) is 0 Å². The van der Waals surface area contributed by atoms with Crippen molar-refractivity contribution < 1.29 is 14.3 Å². The van der Waals surface area contributed by atoms with E-state index in [0.29, 0.717) is 17.8 Å². The Morgan fingerprint density at radius 2 is 2.12 bits per heavy atom. The number of fused-ring (bicyclic) bond motifs is 5. The molecule has 2 saturated carbocycles. The number of carbonyl (C=O) groups excluding carboxylic acids is 1. The fourth-order valence-electron chi connectivity index (χ4n) is 6.27. The minimum atomic E-state index is -0.116. The van der Waals surface area contributed by atoms with Crippen LogP contribution in [0, 0.1) is 17.3 Å². The average molecular weight is 328 g/mol. The molecule has 0 aliphatic heterocycles. The molecule has 24 heavy (non-hydrogen) atoms. The van der Waals surface area contributed by atoms with Crippen molar-refractivity contribution in [1.82, 2.24) is 0 Å². The number of methoxy groups -OCH3 is 1. The van der Waals surface area contributed by atoms with Gasteiger partial charge in [-0.1, -0.05) is 13.0 Å².